The van der Waals surface area contributed by atoms with Crippen LogP contribution in [0.15, 0.2) is 23.6 Å². The van der Waals surface area contributed by atoms with Gasteiger partial charge in [-0.1, -0.05) is 11.6 Å². The van der Waals surface area contributed by atoms with Crippen molar-refractivity contribution in [3.05, 3.63) is 39.3 Å². The van der Waals surface area contributed by atoms with Crippen LogP contribution in [0.1, 0.15) is 10.7 Å². The average molecular weight is 269 g/mol. The number of nitrogens with zero attached hydrogens (tertiary/aromatic N) is 1. The van der Waals surface area contributed by atoms with Crippen molar-refractivity contribution in [3.63, 3.8) is 0 Å². The molecule has 1 heterocycles. The van der Waals surface area contributed by atoms with Crippen LogP contribution in [0.5, 0.6) is 5.75 Å². The summed E-state index contributed by atoms with van der Waals surface area (Å²) in [5.74, 6) is 0.784. The van der Waals surface area contributed by atoms with Crippen LogP contribution in [0.25, 0.3) is 0 Å². The van der Waals surface area contributed by atoms with Gasteiger partial charge in [-0.05, 0) is 19.1 Å². The Hall–Kier alpha value is -1.26. The Balaban J connectivity index is 2.07. The average Bonchev–Trinajstić information content (AvgIpc) is 2.74. The molecule has 1 aromatic carbocycles. The van der Waals surface area contributed by atoms with Crippen molar-refractivity contribution >= 4 is 28.6 Å². The third-order valence-electron chi connectivity index (χ3n) is 2.27. The predicted molar refractivity (Wildman–Crippen MR) is 72.2 cm³/mol. The third-order valence-corrected chi connectivity index (χ3v) is 3.57. The Labute approximate surface area is 109 Å². The second kappa shape index (κ2) is 5.38. The van der Waals surface area contributed by atoms with E-state index in [0.717, 1.165) is 22.1 Å². The van der Waals surface area contributed by atoms with E-state index in [4.69, 9.17) is 16.3 Å². The number of ether oxygens (including phenoxy) is 1. The zero-order valence-electron chi connectivity index (χ0n) is 9.66. The van der Waals surface area contributed by atoms with E-state index in [1.165, 1.54) is 0 Å². The number of hydrogen-bond acceptors (Lipinski definition) is 4. The maximum absolute atomic E-state index is 6.09. The van der Waals surface area contributed by atoms with E-state index in [1.54, 1.807) is 18.4 Å². The molecule has 90 valence electrons. The summed E-state index contributed by atoms with van der Waals surface area (Å²) in [7, 11) is 1.64. The minimum Gasteiger partial charge on any atom is -0.497 e. The summed E-state index contributed by atoms with van der Waals surface area (Å²) < 4.78 is 5.15. The minimum atomic E-state index is 0.672. The quantitative estimate of drug-likeness (QED) is 0.918. The fourth-order valence-corrected chi connectivity index (χ4v) is 2.32. The van der Waals surface area contributed by atoms with Gasteiger partial charge in [0.15, 0.2) is 0 Å². The van der Waals surface area contributed by atoms with E-state index < -0.39 is 0 Å². The summed E-state index contributed by atoms with van der Waals surface area (Å²) in [5, 5.41) is 7.01. The van der Waals surface area contributed by atoms with Gasteiger partial charge in [-0.15, -0.1) is 11.3 Å². The van der Waals surface area contributed by atoms with Crippen LogP contribution in [-0.2, 0) is 6.54 Å². The minimum absolute atomic E-state index is 0.672. The van der Waals surface area contributed by atoms with E-state index in [2.05, 4.69) is 10.3 Å². The molecule has 0 saturated heterocycles. The zero-order valence-corrected chi connectivity index (χ0v) is 11.2. The van der Waals surface area contributed by atoms with Crippen LogP contribution in [0.2, 0.25) is 5.02 Å². The summed E-state index contributed by atoms with van der Waals surface area (Å²) >= 11 is 7.73. The number of benzene rings is 1. The van der Waals surface area contributed by atoms with Gasteiger partial charge in [-0.2, -0.15) is 0 Å². The Morgan fingerprint density at radius 1 is 1.47 bits per heavy atom. The Morgan fingerprint density at radius 2 is 2.29 bits per heavy atom. The van der Waals surface area contributed by atoms with Crippen LogP contribution in [0, 0.1) is 6.92 Å². The summed E-state index contributed by atoms with van der Waals surface area (Å²) in [4.78, 5) is 4.38. The number of hydrogen-bond donors (Lipinski definition) is 1. The van der Waals surface area contributed by atoms with Crippen molar-refractivity contribution in [3.8, 4) is 5.75 Å². The van der Waals surface area contributed by atoms with Crippen LogP contribution >= 0.6 is 22.9 Å². The number of aryl methyl sites for hydroxylation is 1. The molecule has 0 aliphatic carbocycles. The van der Waals surface area contributed by atoms with Crippen molar-refractivity contribution in [1.82, 2.24) is 4.98 Å². The molecular formula is C12H13ClN2OS. The van der Waals surface area contributed by atoms with Crippen LogP contribution in [0.4, 0.5) is 5.69 Å². The lowest BCUT2D eigenvalue weighted by molar-refractivity contribution is 0.415. The molecular weight excluding hydrogens is 256 g/mol. The van der Waals surface area contributed by atoms with Crippen molar-refractivity contribution in [1.29, 1.82) is 0 Å². The van der Waals surface area contributed by atoms with Gasteiger partial charge < -0.3 is 10.1 Å². The lowest BCUT2D eigenvalue weighted by atomic mass is 10.3. The molecule has 0 unspecified atom stereocenters. The van der Waals surface area contributed by atoms with Crippen LogP contribution in [0.3, 0.4) is 0 Å². The Kier molecular flexibility index (Phi) is 3.86. The van der Waals surface area contributed by atoms with E-state index in [1.807, 2.05) is 30.5 Å². The number of aromatic nitrogens is 1. The second-order valence-electron chi connectivity index (χ2n) is 3.58. The molecule has 0 fully saturated rings. The third kappa shape index (κ3) is 3.11. The maximum Gasteiger partial charge on any atom is 0.121 e. The van der Waals surface area contributed by atoms with Crippen molar-refractivity contribution in [2.75, 3.05) is 12.4 Å². The summed E-state index contributed by atoms with van der Waals surface area (Å²) in [6.07, 6.45) is 0. The van der Waals surface area contributed by atoms with E-state index in [-0.39, 0.29) is 0 Å². The molecule has 3 nitrogen and oxygen atoms in total. The lowest BCUT2D eigenvalue weighted by Gasteiger charge is -2.08. The first-order chi connectivity index (χ1) is 8.19. The molecule has 2 rings (SSSR count). The standard InChI is InChI=1S/C12H13ClN2OS/c1-8-7-17-12(15-8)6-14-11-5-9(16-2)3-4-10(11)13/h3-5,7,14H,6H2,1-2H3. The number of thiazole rings is 1. The van der Waals surface area contributed by atoms with Crippen molar-refractivity contribution in [2.24, 2.45) is 0 Å². The molecule has 0 aliphatic rings. The first kappa shape index (κ1) is 12.2. The highest BCUT2D eigenvalue weighted by atomic mass is 35.5. The molecule has 0 radical (unpaired) electrons. The summed E-state index contributed by atoms with van der Waals surface area (Å²) in [5.41, 5.74) is 1.91. The van der Waals surface area contributed by atoms with Crippen LogP contribution < -0.4 is 10.1 Å². The number of nitrogens with one attached hydrogen (secondary N) is 1. The Morgan fingerprint density at radius 3 is 2.94 bits per heavy atom. The van der Waals surface area contributed by atoms with E-state index >= 15 is 0 Å². The zero-order chi connectivity index (χ0) is 12.3. The number of anilines is 1. The normalized spacial score (nSPS) is 10.3. The topological polar surface area (TPSA) is 34.1 Å². The van der Waals surface area contributed by atoms with E-state index in [0.29, 0.717) is 11.6 Å². The fraction of sp³-hybridized carbons (Fsp3) is 0.250. The van der Waals surface area contributed by atoms with Gasteiger partial charge in [0.2, 0.25) is 0 Å². The van der Waals surface area contributed by atoms with Crippen LogP contribution in [-0.4, -0.2) is 12.1 Å². The van der Waals surface area contributed by atoms with E-state index in [9.17, 15) is 0 Å². The number of rotatable bonds is 4. The Bertz CT molecular complexity index is 513. The first-order valence-electron chi connectivity index (χ1n) is 5.17. The highest BCUT2D eigenvalue weighted by molar-refractivity contribution is 7.09. The molecule has 0 amide bonds. The molecule has 0 aliphatic heterocycles. The van der Waals surface area contributed by atoms with Gasteiger partial charge in [0, 0.05) is 17.1 Å². The highest BCUT2D eigenvalue weighted by Gasteiger charge is 2.03. The molecule has 1 aromatic heterocycles. The molecule has 5 heteroatoms. The molecule has 0 bridgehead atoms. The first-order valence-corrected chi connectivity index (χ1v) is 6.43. The summed E-state index contributed by atoms with van der Waals surface area (Å²) in [6, 6.07) is 5.53. The largest absolute Gasteiger partial charge is 0.497 e. The predicted octanol–water partition coefficient (Wildman–Crippen LogP) is 3.73. The van der Waals surface area contributed by atoms with Gasteiger partial charge in [0.05, 0.1) is 24.4 Å². The van der Waals surface area contributed by atoms with Gasteiger partial charge in [-0.25, -0.2) is 4.98 Å². The highest BCUT2D eigenvalue weighted by Crippen LogP contribution is 2.27. The number of methoxy groups -OCH3 is 1. The fourth-order valence-electron chi connectivity index (χ4n) is 1.42. The smallest absolute Gasteiger partial charge is 0.121 e. The molecule has 0 saturated carbocycles. The van der Waals surface area contributed by atoms with Gasteiger partial charge in [-0.3, -0.25) is 0 Å². The summed E-state index contributed by atoms with van der Waals surface area (Å²) in [6.45, 7) is 2.66. The number of halogens is 1. The van der Waals surface area contributed by atoms with Gasteiger partial charge in [0.25, 0.3) is 0 Å². The lowest BCUT2D eigenvalue weighted by Crippen LogP contribution is -2.00. The van der Waals surface area contributed by atoms with Crippen molar-refractivity contribution < 1.29 is 4.74 Å². The van der Waals surface area contributed by atoms with Gasteiger partial charge in [0.1, 0.15) is 10.8 Å². The molecule has 2 aromatic rings. The maximum atomic E-state index is 6.09. The monoisotopic (exact) mass is 268 g/mol. The van der Waals surface area contributed by atoms with Gasteiger partial charge >= 0.3 is 0 Å². The molecule has 0 atom stereocenters. The second-order valence-corrected chi connectivity index (χ2v) is 4.93. The molecule has 17 heavy (non-hydrogen) atoms. The molecule has 0 spiro atoms. The molecule has 1 N–H and O–H groups in total. The van der Waals surface area contributed by atoms with Crippen molar-refractivity contribution in [2.45, 2.75) is 13.5 Å². The SMILES string of the molecule is COc1ccc(Cl)c(NCc2nc(C)cs2)c1.